The lowest BCUT2D eigenvalue weighted by molar-refractivity contribution is -0.136. The summed E-state index contributed by atoms with van der Waals surface area (Å²) in [5.74, 6) is -5.22. The van der Waals surface area contributed by atoms with Crippen molar-refractivity contribution in [2.45, 2.75) is 6.42 Å². The summed E-state index contributed by atoms with van der Waals surface area (Å²) >= 11 is 0. The van der Waals surface area contributed by atoms with E-state index in [1.54, 1.807) is 0 Å². The molecule has 10 nitrogen and oxygen atoms in total. The number of rotatable bonds is 5. The van der Waals surface area contributed by atoms with Crippen LogP contribution in [0.15, 0.2) is 48.6 Å². The van der Waals surface area contributed by atoms with Gasteiger partial charge in [-0.15, -0.1) is 0 Å². The van der Waals surface area contributed by atoms with E-state index in [1.165, 1.54) is 30.3 Å². The van der Waals surface area contributed by atoms with Crippen LogP contribution in [0.2, 0.25) is 0 Å². The Morgan fingerprint density at radius 3 is 1.68 bits per heavy atom. The third kappa shape index (κ3) is 3.69. The molecule has 0 saturated heterocycles. The average molecular weight is 422 g/mol. The summed E-state index contributed by atoms with van der Waals surface area (Å²) in [4.78, 5) is 70.2. The molecule has 0 aliphatic carbocycles. The zero-order valence-corrected chi connectivity index (χ0v) is 15.5. The van der Waals surface area contributed by atoms with Gasteiger partial charge in [-0.1, -0.05) is 6.58 Å². The molecule has 31 heavy (non-hydrogen) atoms. The summed E-state index contributed by atoms with van der Waals surface area (Å²) in [6.45, 7) is 3.47. The largest absolute Gasteiger partial charge is 0.426 e. The molecule has 154 valence electrons. The minimum absolute atomic E-state index is 0.0293. The monoisotopic (exact) mass is 422 g/mol. The van der Waals surface area contributed by atoms with Gasteiger partial charge in [-0.05, 0) is 36.4 Å². The first-order valence-corrected chi connectivity index (χ1v) is 8.64. The summed E-state index contributed by atoms with van der Waals surface area (Å²) in [5, 5.41) is 0. The van der Waals surface area contributed by atoms with Crippen LogP contribution in [0.25, 0.3) is 0 Å². The van der Waals surface area contributed by atoms with Crippen molar-refractivity contribution in [2.75, 3.05) is 0 Å². The van der Waals surface area contributed by atoms with Gasteiger partial charge in [0.2, 0.25) is 0 Å². The number of carbonyl (C=O) groups is 6. The van der Waals surface area contributed by atoms with Crippen molar-refractivity contribution in [2.24, 2.45) is 0 Å². The first kappa shape index (κ1) is 19.7. The molecule has 2 heterocycles. The van der Waals surface area contributed by atoms with E-state index in [0.29, 0.717) is 0 Å². The van der Waals surface area contributed by atoms with Crippen LogP contribution < -0.4 is 9.47 Å². The van der Waals surface area contributed by atoms with Crippen LogP contribution >= 0.6 is 0 Å². The third-order valence-corrected chi connectivity index (χ3v) is 4.32. The van der Waals surface area contributed by atoms with E-state index in [-0.39, 0.29) is 39.3 Å². The van der Waals surface area contributed by atoms with Crippen molar-refractivity contribution < 1.29 is 47.7 Å². The summed E-state index contributed by atoms with van der Waals surface area (Å²) in [6, 6.07) is 7.46. The molecule has 10 heteroatoms. The molecular formula is C21H10O10. The molecule has 0 fully saturated rings. The summed E-state index contributed by atoms with van der Waals surface area (Å²) in [6.07, 6.45) is -0.537. The molecule has 0 bridgehead atoms. The van der Waals surface area contributed by atoms with Crippen molar-refractivity contribution in [3.63, 3.8) is 0 Å². The van der Waals surface area contributed by atoms with Gasteiger partial charge in [-0.3, -0.25) is 4.79 Å². The smallest absolute Gasteiger partial charge is 0.347 e. The van der Waals surface area contributed by atoms with Crippen molar-refractivity contribution in [3.8, 4) is 11.5 Å². The number of carbonyl (C=O) groups excluding carboxylic acids is 6. The highest BCUT2D eigenvalue weighted by Crippen LogP contribution is 2.26. The second-order valence-corrected chi connectivity index (χ2v) is 6.41. The van der Waals surface area contributed by atoms with Crippen LogP contribution in [0, 0.1) is 0 Å². The van der Waals surface area contributed by atoms with Gasteiger partial charge in [0.05, 0.1) is 28.7 Å². The zero-order valence-electron chi connectivity index (χ0n) is 15.5. The first-order chi connectivity index (χ1) is 14.7. The summed E-state index contributed by atoms with van der Waals surface area (Å²) in [7, 11) is 0. The molecule has 0 aromatic heterocycles. The van der Waals surface area contributed by atoms with Gasteiger partial charge in [0, 0.05) is 5.57 Å². The van der Waals surface area contributed by atoms with Gasteiger partial charge in [0.25, 0.3) is 0 Å². The highest BCUT2D eigenvalue weighted by molar-refractivity contribution is 6.15. The lowest BCUT2D eigenvalue weighted by atomic mass is 10.1. The Morgan fingerprint density at radius 2 is 1.16 bits per heavy atom. The number of esters is 6. The van der Waals surface area contributed by atoms with Gasteiger partial charge < -0.3 is 18.9 Å². The van der Waals surface area contributed by atoms with Gasteiger partial charge in [0.1, 0.15) is 11.5 Å². The predicted molar refractivity (Wildman–Crippen MR) is 97.4 cm³/mol. The highest BCUT2D eigenvalue weighted by Gasteiger charge is 2.31. The van der Waals surface area contributed by atoms with E-state index in [9.17, 15) is 28.8 Å². The lowest BCUT2D eigenvalue weighted by Gasteiger charge is -2.08. The Kier molecular flexibility index (Phi) is 4.66. The first-order valence-electron chi connectivity index (χ1n) is 8.64. The maximum atomic E-state index is 12.2. The van der Waals surface area contributed by atoms with Crippen LogP contribution in [0.3, 0.4) is 0 Å². The third-order valence-electron chi connectivity index (χ3n) is 4.32. The fourth-order valence-corrected chi connectivity index (χ4v) is 2.85. The van der Waals surface area contributed by atoms with Gasteiger partial charge in [-0.2, -0.15) is 0 Å². The minimum Gasteiger partial charge on any atom is -0.426 e. The molecule has 0 atom stereocenters. The molecule has 2 aliphatic rings. The van der Waals surface area contributed by atoms with E-state index < -0.39 is 42.2 Å². The van der Waals surface area contributed by atoms with Crippen molar-refractivity contribution in [3.05, 3.63) is 70.8 Å². The molecular weight excluding hydrogens is 412 g/mol. The van der Waals surface area contributed by atoms with Gasteiger partial charge in [0.15, 0.2) is 0 Å². The van der Waals surface area contributed by atoms with Crippen LogP contribution in [0.1, 0.15) is 47.9 Å². The predicted octanol–water partition coefficient (Wildman–Crippen LogP) is 1.77. The van der Waals surface area contributed by atoms with Crippen LogP contribution in [0.5, 0.6) is 11.5 Å². The molecule has 2 aromatic carbocycles. The molecule has 2 aliphatic heterocycles. The number of hydrogen-bond acceptors (Lipinski definition) is 10. The summed E-state index contributed by atoms with van der Waals surface area (Å²) in [5.41, 5.74) is -0.235. The van der Waals surface area contributed by atoms with E-state index in [2.05, 4.69) is 16.1 Å². The number of ether oxygens (including phenoxy) is 4. The standard InChI is InChI=1S/C21H10O10/c1-9(17(23)29-11-3-5-13-15(8-11)21(27)31-19(13)25)6-16(22)28-10-2-4-12-14(7-10)20(26)30-18(12)24/h2-5,7-8H,1,6H2. The van der Waals surface area contributed by atoms with E-state index in [1.807, 2.05) is 0 Å². The minimum atomic E-state index is -0.960. The van der Waals surface area contributed by atoms with Crippen molar-refractivity contribution in [1.82, 2.24) is 0 Å². The molecule has 0 radical (unpaired) electrons. The van der Waals surface area contributed by atoms with Crippen LogP contribution in [0.4, 0.5) is 0 Å². The normalized spacial score (nSPS) is 13.8. The fourth-order valence-electron chi connectivity index (χ4n) is 2.85. The van der Waals surface area contributed by atoms with E-state index >= 15 is 0 Å². The molecule has 0 saturated carbocycles. The van der Waals surface area contributed by atoms with E-state index in [4.69, 9.17) is 9.47 Å². The molecule has 2 aromatic rings. The highest BCUT2D eigenvalue weighted by atomic mass is 16.6. The number of hydrogen-bond donors (Lipinski definition) is 0. The molecule has 0 spiro atoms. The zero-order chi connectivity index (χ0) is 22.3. The topological polar surface area (TPSA) is 139 Å². The summed E-state index contributed by atoms with van der Waals surface area (Å²) < 4.78 is 19.0. The van der Waals surface area contributed by atoms with Crippen molar-refractivity contribution in [1.29, 1.82) is 0 Å². The Labute approximate surface area is 172 Å². The SMILES string of the molecule is C=C(CC(=O)Oc1ccc2c(c1)C(=O)OC2=O)C(=O)Oc1ccc2c(c1)C(=O)OC2=O. The average Bonchev–Trinajstić information content (AvgIpc) is 3.16. The van der Waals surface area contributed by atoms with Gasteiger partial charge in [-0.25, -0.2) is 24.0 Å². The quantitative estimate of drug-likeness (QED) is 0.303. The second-order valence-electron chi connectivity index (χ2n) is 6.41. The fraction of sp³-hybridized carbons (Fsp3) is 0.0476. The van der Waals surface area contributed by atoms with E-state index in [0.717, 1.165) is 6.07 Å². The molecule has 0 unspecified atom stereocenters. The maximum absolute atomic E-state index is 12.2. The maximum Gasteiger partial charge on any atom is 0.347 e. The Hall–Kier alpha value is -4.60. The van der Waals surface area contributed by atoms with Crippen LogP contribution in [-0.4, -0.2) is 35.8 Å². The number of cyclic esters (lactones) is 4. The molecule has 4 rings (SSSR count). The van der Waals surface area contributed by atoms with Gasteiger partial charge >= 0.3 is 35.8 Å². The Bertz CT molecular complexity index is 1240. The molecule has 0 amide bonds. The Morgan fingerprint density at radius 1 is 0.710 bits per heavy atom. The second kappa shape index (κ2) is 7.34. The van der Waals surface area contributed by atoms with Crippen molar-refractivity contribution >= 4 is 35.8 Å². The van der Waals surface area contributed by atoms with Crippen LogP contribution in [-0.2, 0) is 19.1 Å². The lowest BCUT2D eigenvalue weighted by Crippen LogP contribution is -2.17. The molecule has 0 N–H and O–H groups in total. The number of fused-ring (bicyclic) bond motifs is 2. The Balaban J connectivity index is 1.37. The number of benzene rings is 2.